The van der Waals surface area contributed by atoms with E-state index >= 15 is 0 Å². The third kappa shape index (κ3) is 2.03. The van der Waals surface area contributed by atoms with Crippen molar-refractivity contribution in [2.45, 2.75) is 6.92 Å². The van der Waals surface area contributed by atoms with Crippen molar-refractivity contribution in [2.75, 3.05) is 5.32 Å². The Morgan fingerprint density at radius 2 is 2.31 bits per heavy atom. The Hall–Kier alpha value is -2.30. The van der Waals surface area contributed by atoms with Crippen LogP contribution in [0.3, 0.4) is 0 Å². The highest BCUT2D eigenvalue weighted by Gasteiger charge is 2.06. The van der Waals surface area contributed by atoms with E-state index in [0.717, 1.165) is 5.69 Å². The second-order valence-electron chi connectivity index (χ2n) is 3.31. The zero-order chi connectivity index (χ0) is 11.5. The van der Waals surface area contributed by atoms with Gasteiger partial charge in [-0.1, -0.05) is 11.2 Å². The Bertz CT molecular complexity index is 519. The van der Waals surface area contributed by atoms with Crippen LogP contribution in [0.5, 0.6) is 0 Å². The van der Waals surface area contributed by atoms with Crippen LogP contribution in [-0.4, -0.2) is 16.2 Å². The van der Waals surface area contributed by atoms with Crippen LogP contribution in [0.4, 0.5) is 11.4 Å². The number of aryl methyl sites for hydroxylation is 1. The van der Waals surface area contributed by atoms with Gasteiger partial charge in [0.25, 0.3) is 0 Å². The molecule has 0 unspecified atom stereocenters. The van der Waals surface area contributed by atoms with Gasteiger partial charge in [-0.2, -0.15) is 0 Å². The summed E-state index contributed by atoms with van der Waals surface area (Å²) in [5, 5.41) is 15.5. The molecule has 0 radical (unpaired) electrons. The molecule has 0 fully saturated rings. The number of hydrogen-bond acceptors (Lipinski definition) is 4. The molecule has 5 nitrogen and oxygen atoms in total. The number of carboxylic acid groups (broad SMARTS) is 1. The Labute approximate surface area is 91.7 Å². The first-order chi connectivity index (χ1) is 7.66. The summed E-state index contributed by atoms with van der Waals surface area (Å²) in [7, 11) is 0. The molecular weight excluding hydrogens is 208 g/mol. The highest BCUT2D eigenvalue weighted by atomic mass is 16.5. The fraction of sp³-hybridized carbons (Fsp3) is 0.0909. The van der Waals surface area contributed by atoms with Crippen molar-refractivity contribution in [1.82, 2.24) is 5.16 Å². The molecule has 5 heteroatoms. The van der Waals surface area contributed by atoms with E-state index in [1.807, 2.05) is 0 Å². The van der Waals surface area contributed by atoms with Gasteiger partial charge < -0.3 is 14.9 Å². The van der Waals surface area contributed by atoms with Crippen LogP contribution in [0.25, 0.3) is 0 Å². The summed E-state index contributed by atoms with van der Waals surface area (Å²) < 4.78 is 4.89. The molecule has 2 aromatic rings. The number of aromatic carboxylic acids is 1. The third-order valence-electron chi connectivity index (χ3n) is 2.14. The Kier molecular flexibility index (Phi) is 2.59. The predicted molar refractivity (Wildman–Crippen MR) is 57.9 cm³/mol. The smallest absolute Gasteiger partial charge is 0.335 e. The molecule has 0 atom stereocenters. The predicted octanol–water partition coefficient (Wildman–Crippen LogP) is 2.42. The lowest BCUT2D eigenvalue weighted by molar-refractivity contribution is 0.0697. The topological polar surface area (TPSA) is 75.4 Å². The fourth-order valence-corrected chi connectivity index (χ4v) is 1.30. The van der Waals surface area contributed by atoms with E-state index in [1.165, 1.54) is 6.07 Å². The van der Waals surface area contributed by atoms with Crippen molar-refractivity contribution >= 4 is 17.3 Å². The molecule has 0 bridgehead atoms. The average molecular weight is 218 g/mol. The van der Waals surface area contributed by atoms with Crippen molar-refractivity contribution < 1.29 is 14.4 Å². The molecule has 2 rings (SSSR count). The van der Waals surface area contributed by atoms with E-state index in [-0.39, 0.29) is 5.56 Å². The highest BCUT2D eigenvalue weighted by molar-refractivity contribution is 5.89. The van der Waals surface area contributed by atoms with Crippen molar-refractivity contribution in [3.05, 3.63) is 41.8 Å². The van der Waals surface area contributed by atoms with Crippen LogP contribution >= 0.6 is 0 Å². The Morgan fingerprint density at radius 3 is 2.94 bits per heavy atom. The SMILES string of the molecule is Cc1oncc1Nc1cccc(C(=O)O)c1. The number of nitrogens with zero attached hydrogens (tertiary/aromatic N) is 1. The molecule has 16 heavy (non-hydrogen) atoms. The molecule has 0 saturated heterocycles. The summed E-state index contributed by atoms with van der Waals surface area (Å²) >= 11 is 0. The number of aromatic nitrogens is 1. The third-order valence-corrected chi connectivity index (χ3v) is 2.14. The summed E-state index contributed by atoms with van der Waals surface area (Å²) in [6.07, 6.45) is 1.54. The van der Waals surface area contributed by atoms with Crippen LogP contribution in [0, 0.1) is 6.92 Å². The first kappa shape index (κ1) is 10.2. The number of benzene rings is 1. The fourth-order valence-electron chi connectivity index (χ4n) is 1.30. The van der Waals surface area contributed by atoms with Crippen LogP contribution in [-0.2, 0) is 0 Å². The van der Waals surface area contributed by atoms with Crippen LogP contribution in [0.15, 0.2) is 35.0 Å². The van der Waals surface area contributed by atoms with E-state index in [1.54, 1.807) is 31.3 Å². The van der Waals surface area contributed by atoms with E-state index in [4.69, 9.17) is 9.63 Å². The second-order valence-corrected chi connectivity index (χ2v) is 3.31. The number of hydrogen-bond donors (Lipinski definition) is 2. The molecule has 1 aromatic carbocycles. The number of rotatable bonds is 3. The van der Waals surface area contributed by atoms with Crippen LogP contribution in [0.2, 0.25) is 0 Å². The zero-order valence-corrected chi connectivity index (χ0v) is 8.60. The molecule has 2 N–H and O–H groups in total. The largest absolute Gasteiger partial charge is 0.478 e. The molecule has 0 amide bonds. The molecule has 1 heterocycles. The van der Waals surface area contributed by atoms with Gasteiger partial charge in [0.15, 0.2) is 5.76 Å². The normalized spacial score (nSPS) is 10.1. The summed E-state index contributed by atoms with van der Waals surface area (Å²) in [6.45, 7) is 1.77. The summed E-state index contributed by atoms with van der Waals surface area (Å²) in [6, 6.07) is 6.54. The van der Waals surface area contributed by atoms with Gasteiger partial charge >= 0.3 is 5.97 Å². The van der Waals surface area contributed by atoms with Crippen molar-refractivity contribution in [3.8, 4) is 0 Å². The van der Waals surface area contributed by atoms with E-state index in [2.05, 4.69) is 10.5 Å². The van der Waals surface area contributed by atoms with Gasteiger partial charge in [0.05, 0.1) is 11.8 Å². The molecule has 0 aliphatic carbocycles. The summed E-state index contributed by atoms with van der Waals surface area (Å²) in [4.78, 5) is 10.8. The molecule has 0 aliphatic rings. The van der Waals surface area contributed by atoms with Crippen molar-refractivity contribution in [2.24, 2.45) is 0 Å². The minimum absolute atomic E-state index is 0.235. The van der Waals surface area contributed by atoms with Crippen molar-refractivity contribution in [1.29, 1.82) is 0 Å². The minimum Gasteiger partial charge on any atom is -0.478 e. The highest BCUT2D eigenvalue weighted by Crippen LogP contribution is 2.20. The summed E-state index contributed by atoms with van der Waals surface area (Å²) in [5.41, 5.74) is 1.65. The van der Waals surface area contributed by atoms with Crippen LogP contribution in [0.1, 0.15) is 16.1 Å². The Balaban J connectivity index is 2.25. The molecule has 0 aliphatic heterocycles. The lowest BCUT2D eigenvalue weighted by Crippen LogP contribution is -1.97. The molecule has 0 spiro atoms. The summed E-state index contributed by atoms with van der Waals surface area (Å²) in [5.74, 6) is -0.300. The lowest BCUT2D eigenvalue weighted by Gasteiger charge is -2.04. The minimum atomic E-state index is -0.953. The van der Waals surface area contributed by atoms with Crippen LogP contribution < -0.4 is 5.32 Å². The van der Waals surface area contributed by atoms with Crippen molar-refractivity contribution in [3.63, 3.8) is 0 Å². The number of anilines is 2. The number of nitrogens with one attached hydrogen (secondary N) is 1. The van der Waals surface area contributed by atoms with E-state index in [9.17, 15) is 4.79 Å². The number of carbonyl (C=O) groups is 1. The standard InChI is InChI=1S/C11H10N2O3/c1-7-10(6-12-16-7)13-9-4-2-3-8(5-9)11(14)15/h2-6,13H,1H3,(H,14,15). The average Bonchev–Trinajstić information content (AvgIpc) is 2.65. The van der Waals surface area contributed by atoms with E-state index < -0.39 is 5.97 Å². The first-order valence-electron chi connectivity index (χ1n) is 4.68. The first-order valence-corrected chi connectivity index (χ1v) is 4.68. The van der Waals surface area contributed by atoms with Gasteiger partial charge in [0.1, 0.15) is 5.69 Å². The van der Waals surface area contributed by atoms with E-state index in [0.29, 0.717) is 11.4 Å². The van der Waals surface area contributed by atoms with Gasteiger partial charge in [0.2, 0.25) is 0 Å². The van der Waals surface area contributed by atoms with Gasteiger partial charge in [-0.3, -0.25) is 0 Å². The molecule has 1 aromatic heterocycles. The quantitative estimate of drug-likeness (QED) is 0.827. The van der Waals surface area contributed by atoms with Gasteiger partial charge in [-0.05, 0) is 25.1 Å². The zero-order valence-electron chi connectivity index (χ0n) is 8.60. The lowest BCUT2D eigenvalue weighted by atomic mass is 10.2. The molecule has 0 saturated carbocycles. The Morgan fingerprint density at radius 1 is 1.50 bits per heavy atom. The van der Waals surface area contributed by atoms with Gasteiger partial charge in [0, 0.05) is 5.69 Å². The molecular formula is C11H10N2O3. The maximum atomic E-state index is 10.8. The maximum Gasteiger partial charge on any atom is 0.335 e. The second kappa shape index (κ2) is 4.06. The van der Waals surface area contributed by atoms with Gasteiger partial charge in [-0.25, -0.2) is 4.79 Å². The molecule has 82 valence electrons. The van der Waals surface area contributed by atoms with Gasteiger partial charge in [-0.15, -0.1) is 0 Å². The number of carboxylic acids is 1. The monoisotopic (exact) mass is 218 g/mol. The maximum absolute atomic E-state index is 10.8.